The molecule has 1 radical (unpaired) electrons. The molecule has 1 rings (SSSR count). The Hall–Kier alpha value is -2.11. The van der Waals surface area contributed by atoms with E-state index in [9.17, 15) is 4.79 Å². The van der Waals surface area contributed by atoms with E-state index < -0.39 is 0 Å². The maximum atomic E-state index is 10.00. The van der Waals surface area contributed by atoms with Crippen molar-refractivity contribution in [3.63, 3.8) is 0 Å². The lowest BCUT2D eigenvalue weighted by Crippen LogP contribution is -2.16. The lowest BCUT2D eigenvalue weighted by Gasteiger charge is -2.14. The highest BCUT2D eigenvalue weighted by Crippen LogP contribution is 2.43. The molecule has 0 aliphatic rings. The molecule has 1 amide bonds. The van der Waals surface area contributed by atoms with Crippen molar-refractivity contribution in [2.45, 2.75) is 0 Å². The lowest BCUT2D eigenvalue weighted by atomic mass is 10.2. The SMILES string of the molecule is COc1ccc(ON[C]=O)c(OC)c1OC. The molecule has 0 atom stereocenters. The summed E-state index contributed by atoms with van der Waals surface area (Å²) in [5.74, 6) is 1.50. The van der Waals surface area contributed by atoms with Gasteiger partial charge in [0.2, 0.25) is 17.2 Å². The molecule has 0 aliphatic carbocycles. The molecule has 87 valence electrons. The van der Waals surface area contributed by atoms with Gasteiger partial charge >= 0.3 is 6.41 Å². The van der Waals surface area contributed by atoms with Crippen LogP contribution in [0, 0.1) is 0 Å². The number of rotatable bonds is 6. The largest absolute Gasteiger partial charge is 0.493 e. The molecule has 0 unspecified atom stereocenters. The van der Waals surface area contributed by atoms with E-state index in [0.717, 1.165) is 0 Å². The fourth-order valence-electron chi connectivity index (χ4n) is 1.23. The van der Waals surface area contributed by atoms with Crippen molar-refractivity contribution >= 4 is 6.41 Å². The fourth-order valence-corrected chi connectivity index (χ4v) is 1.23. The molecule has 0 spiro atoms. The first-order valence-corrected chi connectivity index (χ1v) is 4.36. The third kappa shape index (κ3) is 2.28. The van der Waals surface area contributed by atoms with Crippen LogP contribution in [0.2, 0.25) is 0 Å². The van der Waals surface area contributed by atoms with Gasteiger partial charge < -0.3 is 19.0 Å². The predicted molar refractivity (Wildman–Crippen MR) is 55.6 cm³/mol. The minimum Gasteiger partial charge on any atom is -0.493 e. The molecule has 0 saturated heterocycles. The van der Waals surface area contributed by atoms with Crippen LogP contribution in [-0.4, -0.2) is 27.7 Å². The van der Waals surface area contributed by atoms with Gasteiger partial charge in [-0.2, -0.15) is 5.48 Å². The smallest absolute Gasteiger partial charge is 0.344 e. The Morgan fingerprint density at radius 2 is 1.56 bits per heavy atom. The van der Waals surface area contributed by atoms with E-state index in [1.165, 1.54) is 27.7 Å². The summed E-state index contributed by atoms with van der Waals surface area (Å²) in [6.07, 6.45) is 1.38. The zero-order chi connectivity index (χ0) is 12.0. The van der Waals surface area contributed by atoms with Gasteiger partial charge in [-0.05, 0) is 12.1 Å². The Balaban J connectivity index is 3.14. The van der Waals surface area contributed by atoms with E-state index in [1.54, 1.807) is 12.1 Å². The molecule has 1 aromatic carbocycles. The van der Waals surface area contributed by atoms with E-state index in [1.807, 2.05) is 5.48 Å². The zero-order valence-corrected chi connectivity index (χ0v) is 9.20. The molecule has 6 heteroatoms. The normalized spacial score (nSPS) is 9.19. The molecule has 1 aromatic rings. The molecule has 0 aromatic heterocycles. The van der Waals surface area contributed by atoms with Gasteiger partial charge in [0, 0.05) is 0 Å². The first kappa shape index (κ1) is 12.0. The van der Waals surface area contributed by atoms with E-state index in [4.69, 9.17) is 19.0 Å². The Labute approximate surface area is 93.0 Å². The Kier molecular flexibility index (Phi) is 4.26. The molecule has 0 saturated carbocycles. The van der Waals surface area contributed by atoms with Gasteiger partial charge in [0.15, 0.2) is 5.75 Å². The van der Waals surface area contributed by atoms with Crippen molar-refractivity contribution in [2.75, 3.05) is 21.3 Å². The van der Waals surface area contributed by atoms with Gasteiger partial charge in [-0.1, -0.05) is 0 Å². The number of hydrogen-bond acceptors (Lipinski definition) is 5. The molecule has 1 N–H and O–H groups in total. The number of carbonyl (C=O) groups excluding carboxylic acids is 1. The molecular formula is C10H12NO5. The van der Waals surface area contributed by atoms with Crippen molar-refractivity contribution in [3.8, 4) is 23.0 Å². The summed E-state index contributed by atoms with van der Waals surface area (Å²) in [4.78, 5) is 14.9. The maximum Gasteiger partial charge on any atom is 0.344 e. The Bertz CT molecular complexity index is 366. The van der Waals surface area contributed by atoms with E-state index >= 15 is 0 Å². The highest BCUT2D eigenvalue weighted by atomic mass is 16.7. The standard InChI is InChI=1S/C10H12NO5/c1-13-7-4-5-8(16-11-6-12)10(15-3)9(7)14-2/h4-5H,1-3H3,(H,11,12). The predicted octanol–water partition coefficient (Wildman–Crippen LogP) is 0.663. The molecule has 0 bridgehead atoms. The molecular weight excluding hydrogens is 214 g/mol. The van der Waals surface area contributed by atoms with Gasteiger partial charge in [0.1, 0.15) is 0 Å². The summed E-state index contributed by atoms with van der Waals surface area (Å²) in [7, 11) is 4.44. The van der Waals surface area contributed by atoms with Crippen LogP contribution >= 0.6 is 0 Å². The first-order chi connectivity index (χ1) is 7.78. The average Bonchev–Trinajstić information content (AvgIpc) is 2.34. The van der Waals surface area contributed by atoms with Gasteiger partial charge in [-0.3, -0.25) is 4.79 Å². The fraction of sp³-hybridized carbons (Fsp3) is 0.300. The van der Waals surface area contributed by atoms with Crippen LogP contribution in [0.3, 0.4) is 0 Å². The van der Waals surface area contributed by atoms with Crippen LogP contribution < -0.4 is 24.5 Å². The summed E-state index contributed by atoms with van der Waals surface area (Å²) in [5.41, 5.74) is 1.95. The van der Waals surface area contributed by atoms with Gasteiger partial charge in [0.25, 0.3) is 0 Å². The topological polar surface area (TPSA) is 66.0 Å². The summed E-state index contributed by atoms with van der Waals surface area (Å²) in [6.45, 7) is 0. The number of methoxy groups -OCH3 is 3. The third-order valence-electron chi connectivity index (χ3n) is 1.87. The first-order valence-electron chi connectivity index (χ1n) is 4.36. The Morgan fingerprint density at radius 1 is 1.00 bits per heavy atom. The number of hydrogen-bond donors (Lipinski definition) is 1. The number of ether oxygens (including phenoxy) is 3. The summed E-state index contributed by atoms with van der Waals surface area (Å²) < 4.78 is 15.3. The number of nitrogens with one attached hydrogen (secondary N) is 1. The van der Waals surface area contributed by atoms with Gasteiger partial charge in [-0.25, -0.2) is 0 Å². The minimum atomic E-state index is 0.295. The monoisotopic (exact) mass is 226 g/mol. The third-order valence-corrected chi connectivity index (χ3v) is 1.87. The summed E-state index contributed by atoms with van der Waals surface area (Å²) in [6, 6.07) is 3.20. The van der Waals surface area contributed by atoms with Crippen molar-refractivity contribution in [2.24, 2.45) is 0 Å². The maximum absolute atomic E-state index is 10.00. The van der Waals surface area contributed by atoms with E-state index in [-0.39, 0.29) is 0 Å². The molecule has 6 nitrogen and oxygen atoms in total. The average molecular weight is 226 g/mol. The second-order valence-electron chi connectivity index (χ2n) is 2.64. The second kappa shape index (κ2) is 5.69. The Morgan fingerprint density at radius 3 is 2.06 bits per heavy atom. The van der Waals surface area contributed by atoms with Gasteiger partial charge in [-0.15, -0.1) is 0 Å². The van der Waals surface area contributed by atoms with Crippen molar-refractivity contribution < 1.29 is 23.8 Å². The van der Waals surface area contributed by atoms with Crippen LogP contribution in [0.1, 0.15) is 0 Å². The zero-order valence-electron chi connectivity index (χ0n) is 9.20. The molecule has 0 fully saturated rings. The molecule has 16 heavy (non-hydrogen) atoms. The number of hydroxylamine groups is 1. The summed E-state index contributed by atoms with van der Waals surface area (Å²) >= 11 is 0. The molecule has 0 aliphatic heterocycles. The number of amides is 1. The van der Waals surface area contributed by atoms with E-state index in [2.05, 4.69) is 0 Å². The highest BCUT2D eigenvalue weighted by Gasteiger charge is 2.17. The van der Waals surface area contributed by atoms with Crippen molar-refractivity contribution in [1.82, 2.24) is 5.48 Å². The quantitative estimate of drug-likeness (QED) is 0.570. The lowest BCUT2D eigenvalue weighted by molar-refractivity contribution is 0.234. The van der Waals surface area contributed by atoms with Gasteiger partial charge in [0.05, 0.1) is 21.3 Å². The van der Waals surface area contributed by atoms with Crippen LogP contribution in [0.25, 0.3) is 0 Å². The van der Waals surface area contributed by atoms with Crippen molar-refractivity contribution in [1.29, 1.82) is 0 Å². The molecule has 0 heterocycles. The van der Waals surface area contributed by atoms with Crippen molar-refractivity contribution in [3.05, 3.63) is 12.1 Å². The minimum absolute atomic E-state index is 0.295. The highest BCUT2D eigenvalue weighted by molar-refractivity contribution is 5.59. The van der Waals surface area contributed by atoms with Crippen LogP contribution in [-0.2, 0) is 4.79 Å². The number of benzene rings is 1. The summed E-state index contributed by atoms with van der Waals surface area (Å²) in [5, 5.41) is 0. The van der Waals surface area contributed by atoms with Crippen LogP contribution in [0.5, 0.6) is 23.0 Å². The second-order valence-corrected chi connectivity index (χ2v) is 2.64. The van der Waals surface area contributed by atoms with E-state index in [0.29, 0.717) is 23.0 Å². The van der Waals surface area contributed by atoms with Crippen LogP contribution in [0.4, 0.5) is 0 Å². The van der Waals surface area contributed by atoms with Crippen LogP contribution in [0.15, 0.2) is 12.1 Å².